The summed E-state index contributed by atoms with van der Waals surface area (Å²) in [6.45, 7) is 9.70. The Hall–Kier alpha value is -1.35. The van der Waals surface area contributed by atoms with Gasteiger partial charge in [-0.15, -0.1) is 0 Å². The number of hydrogen-bond acceptors (Lipinski definition) is 2. The fourth-order valence-corrected chi connectivity index (χ4v) is 2.10. The molecule has 2 rings (SSSR count). The topological polar surface area (TPSA) is 36.3 Å². The second-order valence-electron chi connectivity index (χ2n) is 5.78. The maximum Gasteiger partial charge on any atom is 0.128 e. The number of hydrogen-bond donors (Lipinski definition) is 1. The molecule has 18 heavy (non-hydrogen) atoms. The second kappa shape index (κ2) is 5.11. The average molecular weight is 246 g/mol. The van der Waals surface area contributed by atoms with Gasteiger partial charge in [-0.1, -0.05) is 45.0 Å². The van der Waals surface area contributed by atoms with Crippen molar-refractivity contribution in [2.75, 3.05) is 26.3 Å². The van der Waals surface area contributed by atoms with Crippen LogP contribution in [0.5, 0.6) is 0 Å². The third-order valence-electron chi connectivity index (χ3n) is 3.35. The highest BCUT2D eigenvalue weighted by Crippen LogP contribution is 2.22. The predicted molar refractivity (Wildman–Crippen MR) is 74.4 cm³/mol. The molecule has 1 aliphatic rings. The first-order valence-electron chi connectivity index (χ1n) is 6.50. The van der Waals surface area contributed by atoms with Crippen LogP contribution < -0.4 is 0 Å². The van der Waals surface area contributed by atoms with E-state index in [4.69, 9.17) is 10.1 Å². The fourth-order valence-electron chi connectivity index (χ4n) is 2.10. The summed E-state index contributed by atoms with van der Waals surface area (Å²) in [5.74, 6) is 0.610. The van der Waals surface area contributed by atoms with Crippen LogP contribution in [0.3, 0.4) is 0 Å². The Morgan fingerprint density at radius 3 is 2.17 bits per heavy atom. The highest BCUT2D eigenvalue weighted by atomic mass is 16.5. The largest absolute Gasteiger partial charge is 0.378 e. The Kier molecular flexibility index (Phi) is 3.71. The second-order valence-corrected chi connectivity index (χ2v) is 5.78. The highest BCUT2D eigenvalue weighted by molar-refractivity contribution is 5.96. The first-order valence-corrected chi connectivity index (χ1v) is 6.50. The fraction of sp³-hybridized carbons (Fsp3) is 0.533. The van der Waals surface area contributed by atoms with Gasteiger partial charge in [-0.25, -0.2) is 0 Å². The number of benzene rings is 1. The number of morpholine rings is 1. The van der Waals surface area contributed by atoms with Crippen LogP contribution in [-0.4, -0.2) is 37.0 Å². The zero-order valence-electron chi connectivity index (χ0n) is 11.5. The molecule has 0 amide bonds. The third kappa shape index (κ3) is 2.91. The summed E-state index contributed by atoms with van der Waals surface area (Å²) in [7, 11) is 0. The zero-order chi connectivity index (χ0) is 13.2. The van der Waals surface area contributed by atoms with E-state index in [0.717, 1.165) is 31.9 Å². The lowest BCUT2D eigenvalue weighted by molar-refractivity contribution is 0.0680. The Bertz CT molecular complexity index is 411. The van der Waals surface area contributed by atoms with Crippen LogP contribution in [0.25, 0.3) is 0 Å². The van der Waals surface area contributed by atoms with E-state index in [1.165, 1.54) is 5.56 Å². The van der Waals surface area contributed by atoms with Gasteiger partial charge in [0.25, 0.3) is 0 Å². The highest BCUT2D eigenvalue weighted by Gasteiger charge is 2.17. The minimum absolute atomic E-state index is 0.166. The van der Waals surface area contributed by atoms with Gasteiger partial charge in [-0.2, -0.15) is 0 Å². The van der Waals surface area contributed by atoms with E-state index in [2.05, 4.69) is 49.9 Å². The smallest absolute Gasteiger partial charge is 0.128 e. The Morgan fingerprint density at radius 1 is 1.11 bits per heavy atom. The standard InChI is InChI=1S/C15H22N2O/c1-15(2,3)13-6-4-12(5-7-13)14(16)17-8-10-18-11-9-17/h4-7,16H,8-11H2,1-3H3. The van der Waals surface area contributed by atoms with E-state index >= 15 is 0 Å². The quantitative estimate of drug-likeness (QED) is 0.611. The molecular weight excluding hydrogens is 224 g/mol. The molecule has 0 atom stereocenters. The molecule has 3 nitrogen and oxygen atoms in total. The summed E-state index contributed by atoms with van der Waals surface area (Å²) in [6.07, 6.45) is 0. The lowest BCUT2D eigenvalue weighted by Crippen LogP contribution is -2.40. The molecular formula is C15H22N2O. The molecule has 0 bridgehead atoms. The van der Waals surface area contributed by atoms with Crippen molar-refractivity contribution in [3.63, 3.8) is 0 Å². The van der Waals surface area contributed by atoms with Gasteiger partial charge in [-0.3, -0.25) is 5.41 Å². The van der Waals surface area contributed by atoms with Crippen LogP contribution in [0.1, 0.15) is 31.9 Å². The average Bonchev–Trinajstić information content (AvgIpc) is 2.38. The monoisotopic (exact) mass is 246 g/mol. The Morgan fingerprint density at radius 2 is 1.67 bits per heavy atom. The van der Waals surface area contributed by atoms with Crippen molar-refractivity contribution >= 4 is 5.84 Å². The molecule has 0 saturated carbocycles. The van der Waals surface area contributed by atoms with Crippen molar-refractivity contribution in [2.45, 2.75) is 26.2 Å². The molecule has 1 aromatic rings. The number of amidine groups is 1. The molecule has 0 aliphatic carbocycles. The van der Waals surface area contributed by atoms with E-state index in [-0.39, 0.29) is 5.41 Å². The van der Waals surface area contributed by atoms with Gasteiger partial charge in [0.2, 0.25) is 0 Å². The summed E-state index contributed by atoms with van der Waals surface area (Å²) in [4.78, 5) is 2.08. The van der Waals surface area contributed by atoms with Gasteiger partial charge in [0.15, 0.2) is 0 Å². The SMILES string of the molecule is CC(C)(C)c1ccc(C(=N)N2CCOCC2)cc1. The van der Waals surface area contributed by atoms with E-state index in [1.807, 2.05) is 0 Å². The zero-order valence-corrected chi connectivity index (χ0v) is 11.5. The molecule has 1 fully saturated rings. The normalized spacial score (nSPS) is 16.7. The third-order valence-corrected chi connectivity index (χ3v) is 3.35. The summed E-state index contributed by atoms with van der Waals surface area (Å²) in [5, 5.41) is 8.22. The molecule has 1 aromatic carbocycles. The van der Waals surface area contributed by atoms with Crippen molar-refractivity contribution in [1.29, 1.82) is 5.41 Å². The van der Waals surface area contributed by atoms with Gasteiger partial charge < -0.3 is 9.64 Å². The van der Waals surface area contributed by atoms with Crippen molar-refractivity contribution in [1.82, 2.24) is 4.90 Å². The van der Waals surface area contributed by atoms with Crippen molar-refractivity contribution in [2.24, 2.45) is 0 Å². The maximum atomic E-state index is 8.22. The van der Waals surface area contributed by atoms with Gasteiger partial charge >= 0.3 is 0 Å². The van der Waals surface area contributed by atoms with E-state index in [9.17, 15) is 0 Å². The Balaban J connectivity index is 2.11. The summed E-state index contributed by atoms with van der Waals surface area (Å²) >= 11 is 0. The first kappa shape index (κ1) is 13.1. The number of nitrogens with one attached hydrogen (secondary N) is 1. The minimum atomic E-state index is 0.166. The van der Waals surface area contributed by atoms with Gasteiger partial charge in [-0.05, 0) is 11.0 Å². The molecule has 1 N–H and O–H groups in total. The van der Waals surface area contributed by atoms with Gasteiger partial charge in [0.1, 0.15) is 5.84 Å². The van der Waals surface area contributed by atoms with Crippen molar-refractivity contribution in [3.8, 4) is 0 Å². The van der Waals surface area contributed by atoms with Crippen molar-refractivity contribution < 1.29 is 4.74 Å². The summed E-state index contributed by atoms with van der Waals surface area (Å²) < 4.78 is 5.31. The lowest BCUT2D eigenvalue weighted by atomic mass is 9.86. The minimum Gasteiger partial charge on any atom is -0.378 e. The lowest BCUT2D eigenvalue weighted by Gasteiger charge is -2.29. The molecule has 0 spiro atoms. The first-order chi connectivity index (χ1) is 8.48. The van der Waals surface area contributed by atoms with E-state index < -0.39 is 0 Å². The van der Waals surface area contributed by atoms with Crippen LogP contribution in [0.4, 0.5) is 0 Å². The van der Waals surface area contributed by atoms with Crippen LogP contribution >= 0.6 is 0 Å². The van der Waals surface area contributed by atoms with Crippen LogP contribution in [0.15, 0.2) is 24.3 Å². The van der Waals surface area contributed by atoms with E-state index in [0.29, 0.717) is 5.84 Å². The molecule has 1 aliphatic heterocycles. The van der Waals surface area contributed by atoms with Crippen LogP contribution in [0, 0.1) is 5.41 Å². The van der Waals surface area contributed by atoms with Crippen LogP contribution in [-0.2, 0) is 10.2 Å². The predicted octanol–water partition coefficient (Wildman–Crippen LogP) is 2.64. The summed E-state index contributed by atoms with van der Waals surface area (Å²) in [6, 6.07) is 8.37. The Labute approximate surface area is 109 Å². The molecule has 0 radical (unpaired) electrons. The van der Waals surface area contributed by atoms with Crippen LogP contribution in [0.2, 0.25) is 0 Å². The number of nitrogens with zero attached hydrogens (tertiary/aromatic N) is 1. The molecule has 3 heteroatoms. The van der Waals surface area contributed by atoms with Crippen molar-refractivity contribution in [3.05, 3.63) is 35.4 Å². The molecule has 1 heterocycles. The number of rotatable bonds is 1. The van der Waals surface area contributed by atoms with E-state index in [1.54, 1.807) is 0 Å². The molecule has 0 unspecified atom stereocenters. The molecule has 98 valence electrons. The molecule has 0 aromatic heterocycles. The van der Waals surface area contributed by atoms with Gasteiger partial charge in [0, 0.05) is 18.7 Å². The van der Waals surface area contributed by atoms with Gasteiger partial charge in [0.05, 0.1) is 13.2 Å². The molecule has 1 saturated heterocycles. The summed E-state index contributed by atoms with van der Waals surface area (Å²) in [5.41, 5.74) is 2.46. The number of ether oxygens (including phenoxy) is 1. The maximum absolute atomic E-state index is 8.22.